The Morgan fingerprint density at radius 1 is 1.73 bits per heavy atom. The molecule has 0 atom stereocenters. The van der Waals surface area contributed by atoms with Gasteiger partial charge in [0, 0.05) is 25.4 Å². The van der Waals surface area contributed by atoms with Crippen LogP contribution in [0.5, 0.6) is 0 Å². The van der Waals surface area contributed by atoms with Gasteiger partial charge in [-0.15, -0.1) is 0 Å². The fourth-order valence-corrected chi connectivity index (χ4v) is 1.39. The highest BCUT2D eigenvalue weighted by Gasteiger charge is 2.04. The lowest BCUT2D eigenvalue weighted by atomic mass is 10.2. The minimum Gasteiger partial charge on any atom is -0.409 e. The van der Waals surface area contributed by atoms with Crippen molar-refractivity contribution in [2.45, 2.75) is 19.9 Å². The molecule has 1 heterocycles. The summed E-state index contributed by atoms with van der Waals surface area (Å²) < 4.78 is 1.79. The van der Waals surface area contributed by atoms with E-state index in [9.17, 15) is 0 Å². The van der Waals surface area contributed by atoms with Crippen LogP contribution >= 0.6 is 0 Å². The summed E-state index contributed by atoms with van der Waals surface area (Å²) in [6.45, 7) is 3.11. The zero-order valence-corrected chi connectivity index (χ0v) is 9.06. The summed E-state index contributed by atoms with van der Waals surface area (Å²) in [5, 5.41) is 18.6. The molecule has 15 heavy (non-hydrogen) atoms. The average Bonchev–Trinajstić information content (AvgIpc) is 2.58. The van der Waals surface area contributed by atoms with Crippen molar-refractivity contribution in [1.29, 1.82) is 0 Å². The SMILES string of the molecule is CCc1nn(C)cc1CNC/C(N)=N/O. The molecule has 0 bridgehead atoms. The molecule has 0 saturated carbocycles. The molecule has 6 heteroatoms. The number of hydrogen-bond donors (Lipinski definition) is 3. The van der Waals surface area contributed by atoms with Gasteiger partial charge in [0.1, 0.15) is 0 Å². The fraction of sp³-hybridized carbons (Fsp3) is 0.556. The summed E-state index contributed by atoms with van der Waals surface area (Å²) in [4.78, 5) is 0. The van der Waals surface area contributed by atoms with Crippen molar-refractivity contribution in [3.63, 3.8) is 0 Å². The zero-order valence-electron chi connectivity index (χ0n) is 9.06. The van der Waals surface area contributed by atoms with Crippen LogP contribution in [0, 0.1) is 0 Å². The Morgan fingerprint density at radius 2 is 2.47 bits per heavy atom. The van der Waals surface area contributed by atoms with Crippen LogP contribution in [0.4, 0.5) is 0 Å². The summed E-state index contributed by atoms with van der Waals surface area (Å²) in [7, 11) is 1.90. The van der Waals surface area contributed by atoms with Crippen LogP contribution < -0.4 is 11.1 Å². The third-order valence-electron chi connectivity index (χ3n) is 2.08. The third kappa shape index (κ3) is 3.25. The van der Waals surface area contributed by atoms with Gasteiger partial charge in [-0.05, 0) is 6.42 Å². The number of oxime groups is 1. The zero-order chi connectivity index (χ0) is 11.3. The van der Waals surface area contributed by atoms with Crippen molar-refractivity contribution >= 4 is 5.84 Å². The van der Waals surface area contributed by atoms with Crippen LogP contribution in [0.25, 0.3) is 0 Å². The molecule has 1 rings (SSSR count). The molecule has 0 aliphatic carbocycles. The Labute approximate surface area is 88.8 Å². The molecule has 1 aromatic heterocycles. The van der Waals surface area contributed by atoms with Gasteiger partial charge in [-0.2, -0.15) is 5.10 Å². The Kier molecular flexibility index (Phi) is 4.11. The highest BCUT2D eigenvalue weighted by Crippen LogP contribution is 2.06. The van der Waals surface area contributed by atoms with Gasteiger partial charge in [0.2, 0.25) is 0 Å². The van der Waals surface area contributed by atoms with Gasteiger partial charge in [0.15, 0.2) is 5.84 Å². The number of nitrogens with one attached hydrogen (secondary N) is 1. The van der Waals surface area contributed by atoms with Crippen molar-refractivity contribution < 1.29 is 5.21 Å². The molecular formula is C9H17N5O. The quantitative estimate of drug-likeness (QED) is 0.273. The Bertz CT molecular complexity index is 344. The van der Waals surface area contributed by atoms with E-state index in [0.29, 0.717) is 13.1 Å². The normalized spacial score (nSPS) is 12.0. The maximum atomic E-state index is 8.34. The van der Waals surface area contributed by atoms with Gasteiger partial charge in [-0.1, -0.05) is 12.1 Å². The van der Waals surface area contributed by atoms with Gasteiger partial charge < -0.3 is 16.3 Å². The third-order valence-corrected chi connectivity index (χ3v) is 2.08. The second-order valence-electron chi connectivity index (χ2n) is 3.32. The average molecular weight is 211 g/mol. The van der Waals surface area contributed by atoms with Gasteiger partial charge >= 0.3 is 0 Å². The number of aromatic nitrogens is 2. The Hall–Kier alpha value is -1.56. The van der Waals surface area contributed by atoms with Crippen molar-refractivity contribution in [3.8, 4) is 0 Å². The molecule has 0 aromatic carbocycles. The molecule has 0 saturated heterocycles. The molecule has 0 fully saturated rings. The first-order valence-electron chi connectivity index (χ1n) is 4.85. The van der Waals surface area contributed by atoms with E-state index >= 15 is 0 Å². The highest BCUT2D eigenvalue weighted by molar-refractivity contribution is 5.81. The van der Waals surface area contributed by atoms with E-state index in [1.807, 2.05) is 13.2 Å². The summed E-state index contributed by atoms with van der Waals surface area (Å²) in [6.07, 6.45) is 2.87. The van der Waals surface area contributed by atoms with Crippen LogP contribution in [0.2, 0.25) is 0 Å². The number of hydrogen-bond acceptors (Lipinski definition) is 4. The lowest BCUT2D eigenvalue weighted by Crippen LogP contribution is -2.28. The van der Waals surface area contributed by atoms with Gasteiger partial charge in [0.25, 0.3) is 0 Å². The predicted octanol–water partition coefficient (Wildman–Crippen LogP) is -0.181. The van der Waals surface area contributed by atoms with Crippen molar-refractivity contribution in [2.75, 3.05) is 6.54 Å². The lowest BCUT2D eigenvalue weighted by Gasteiger charge is -2.02. The molecule has 84 valence electrons. The highest BCUT2D eigenvalue weighted by atomic mass is 16.4. The predicted molar refractivity (Wildman–Crippen MR) is 57.7 cm³/mol. The van der Waals surface area contributed by atoms with Crippen LogP contribution in [0.3, 0.4) is 0 Å². The molecule has 0 unspecified atom stereocenters. The molecule has 0 amide bonds. The first-order chi connectivity index (χ1) is 7.17. The second kappa shape index (κ2) is 5.35. The van der Waals surface area contributed by atoms with Crippen LogP contribution in [-0.4, -0.2) is 27.4 Å². The van der Waals surface area contributed by atoms with E-state index in [1.165, 1.54) is 0 Å². The summed E-state index contributed by atoms with van der Waals surface area (Å²) in [6, 6.07) is 0. The lowest BCUT2D eigenvalue weighted by molar-refractivity contribution is 0.317. The standard InChI is InChI=1S/C9H17N5O/c1-3-8-7(6-14(2)12-8)4-11-5-9(10)13-15/h6,11,15H,3-5H2,1-2H3,(H2,10,13). The molecule has 0 aliphatic heterocycles. The minimum atomic E-state index is 0.178. The van der Waals surface area contributed by atoms with Crippen molar-refractivity contribution in [2.24, 2.45) is 17.9 Å². The first-order valence-corrected chi connectivity index (χ1v) is 4.85. The summed E-state index contributed by atoms with van der Waals surface area (Å²) in [5.41, 5.74) is 7.55. The Morgan fingerprint density at radius 3 is 3.07 bits per heavy atom. The van der Waals surface area contributed by atoms with E-state index in [1.54, 1.807) is 4.68 Å². The molecule has 1 aromatic rings. The first kappa shape index (κ1) is 11.5. The number of amidine groups is 1. The van der Waals surface area contributed by atoms with Crippen molar-refractivity contribution in [1.82, 2.24) is 15.1 Å². The van der Waals surface area contributed by atoms with Crippen LogP contribution in [0.15, 0.2) is 11.4 Å². The number of nitrogens with zero attached hydrogens (tertiary/aromatic N) is 3. The number of rotatable bonds is 5. The second-order valence-corrected chi connectivity index (χ2v) is 3.32. The van der Waals surface area contributed by atoms with E-state index < -0.39 is 0 Å². The maximum Gasteiger partial charge on any atom is 0.153 e. The summed E-state index contributed by atoms with van der Waals surface area (Å²) in [5.74, 6) is 0.178. The monoisotopic (exact) mass is 211 g/mol. The van der Waals surface area contributed by atoms with E-state index in [0.717, 1.165) is 17.7 Å². The van der Waals surface area contributed by atoms with Gasteiger partial charge in [-0.25, -0.2) is 0 Å². The molecule has 0 spiro atoms. The molecule has 0 aliphatic rings. The number of aryl methyl sites for hydroxylation is 2. The van der Waals surface area contributed by atoms with E-state index in [2.05, 4.69) is 22.5 Å². The molecular weight excluding hydrogens is 194 g/mol. The van der Waals surface area contributed by atoms with Gasteiger partial charge in [-0.3, -0.25) is 4.68 Å². The minimum absolute atomic E-state index is 0.178. The fourth-order valence-electron chi connectivity index (χ4n) is 1.39. The van der Waals surface area contributed by atoms with Gasteiger partial charge in [0.05, 0.1) is 12.2 Å². The Balaban J connectivity index is 2.49. The smallest absolute Gasteiger partial charge is 0.153 e. The maximum absolute atomic E-state index is 8.34. The van der Waals surface area contributed by atoms with E-state index in [4.69, 9.17) is 10.9 Å². The molecule has 0 radical (unpaired) electrons. The largest absolute Gasteiger partial charge is 0.409 e. The van der Waals surface area contributed by atoms with Crippen LogP contribution in [-0.2, 0) is 20.0 Å². The van der Waals surface area contributed by atoms with Crippen LogP contribution in [0.1, 0.15) is 18.2 Å². The van der Waals surface area contributed by atoms with Crippen molar-refractivity contribution in [3.05, 3.63) is 17.5 Å². The topological polar surface area (TPSA) is 88.5 Å². The molecule has 4 N–H and O–H groups in total. The molecule has 6 nitrogen and oxygen atoms in total. The summed E-state index contributed by atoms with van der Waals surface area (Å²) >= 11 is 0. The van der Waals surface area contributed by atoms with E-state index in [-0.39, 0.29) is 5.84 Å². The number of nitrogens with two attached hydrogens (primary N) is 1.